The Labute approximate surface area is 151 Å². The molecule has 0 fully saturated rings. The molecule has 0 radical (unpaired) electrons. The van der Waals surface area contributed by atoms with Gasteiger partial charge in [-0.25, -0.2) is 0 Å². The molecule has 2 amide bonds. The van der Waals surface area contributed by atoms with Crippen LogP contribution >= 0.6 is 0 Å². The van der Waals surface area contributed by atoms with Gasteiger partial charge in [0, 0.05) is 24.7 Å². The van der Waals surface area contributed by atoms with Gasteiger partial charge >= 0.3 is 0 Å². The number of aromatic nitrogens is 2. The summed E-state index contributed by atoms with van der Waals surface area (Å²) in [6.45, 7) is 14.9. The van der Waals surface area contributed by atoms with Crippen LogP contribution in [0.5, 0.6) is 0 Å². The number of aryl methyl sites for hydroxylation is 1. The van der Waals surface area contributed by atoms with E-state index in [1.54, 1.807) is 6.92 Å². The molecule has 0 aliphatic rings. The van der Waals surface area contributed by atoms with Crippen LogP contribution in [0.4, 0.5) is 0 Å². The van der Waals surface area contributed by atoms with Gasteiger partial charge in [0.15, 0.2) is 0 Å². The van der Waals surface area contributed by atoms with Crippen LogP contribution in [0.25, 0.3) is 0 Å². The lowest BCUT2D eigenvalue weighted by Gasteiger charge is -2.17. The zero-order chi connectivity index (χ0) is 19.1. The molecule has 25 heavy (non-hydrogen) atoms. The summed E-state index contributed by atoms with van der Waals surface area (Å²) in [6, 6.07) is -0.406. The van der Waals surface area contributed by atoms with Crippen molar-refractivity contribution in [2.45, 2.75) is 86.4 Å². The van der Waals surface area contributed by atoms with Gasteiger partial charge in [-0.1, -0.05) is 20.8 Å². The van der Waals surface area contributed by atoms with E-state index in [2.05, 4.69) is 36.5 Å². The summed E-state index contributed by atoms with van der Waals surface area (Å²) >= 11 is 0. The summed E-state index contributed by atoms with van der Waals surface area (Å²) in [5, 5.41) is 10.2. The van der Waals surface area contributed by atoms with E-state index in [4.69, 9.17) is 0 Å². The first kappa shape index (κ1) is 21.2. The first-order valence-electron chi connectivity index (χ1n) is 9.28. The number of carbonyl (C=O) groups is 2. The van der Waals surface area contributed by atoms with Crippen molar-refractivity contribution in [1.82, 2.24) is 20.4 Å². The van der Waals surface area contributed by atoms with Gasteiger partial charge in [-0.2, -0.15) is 5.10 Å². The molecule has 2 unspecified atom stereocenters. The van der Waals surface area contributed by atoms with Crippen LogP contribution < -0.4 is 10.6 Å². The minimum absolute atomic E-state index is 0.109. The van der Waals surface area contributed by atoms with Crippen LogP contribution in [0.2, 0.25) is 0 Å². The fourth-order valence-corrected chi connectivity index (χ4v) is 2.71. The Morgan fingerprint density at radius 2 is 1.76 bits per heavy atom. The standard InChI is InChI=1S/C19H34N4O2/c1-8-13(4)20-19(25)15(6)21-18(24)10-9-17-14(5)22-23(16(17)7)11-12(2)3/h12-13,15H,8-11H2,1-7H3,(H,20,25)(H,21,24). The van der Waals surface area contributed by atoms with Crippen molar-refractivity contribution >= 4 is 11.8 Å². The lowest BCUT2D eigenvalue weighted by atomic mass is 10.1. The maximum atomic E-state index is 12.2. The highest BCUT2D eigenvalue weighted by Gasteiger charge is 2.18. The molecule has 2 N–H and O–H groups in total. The van der Waals surface area contributed by atoms with Crippen molar-refractivity contribution in [3.8, 4) is 0 Å². The Morgan fingerprint density at radius 1 is 1.12 bits per heavy atom. The van der Waals surface area contributed by atoms with Crippen molar-refractivity contribution in [3.05, 3.63) is 17.0 Å². The summed E-state index contributed by atoms with van der Waals surface area (Å²) in [7, 11) is 0. The molecule has 0 saturated carbocycles. The Balaban J connectivity index is 2.57. The van der Waals surface area contributed by atoms with Gasteiger partial charge in [0.05, 0.1) is 5.69 Å². The molecule has 1 aromatic heterocycles. The monoisotopic (exact) mass is 350 g/mol. The largest absolute Gasteiger partial charge is 0.352 e. The van der Waals surface area contributed by atoms with E-state index in [0.717, 1.165) is 29.9 Å². The summed E-state index contributed by atoms with van der Waals surface area (Å²) in [5.41, 5.74) is 3.24. The van der Waals surface area contributed by atoms with Gasteiger partial charge in [0.2, 0.25) is 11.8 Å². The third-order valence-corrected chi connectivity index (χ3v) is 4.44. The molecule has 2 atom stereocenters. The molecule has 0 bridgehead atoms. The molecular weight excluding hydrogens is 316 g/mol. The quantitative estimate of drug-likeness (QED) is 0.718. The predicted molar refractivity (Wildman–Crippen MR) is 100 cm³/mol. The smallest absolute Gasteiger partial charge is 0.242 e. The highest BCUT2D eigenvalue weighted by atomic mass is 16.2. The fraction of sp³-hybridized carbons (Fsp3) is 0.737. The van der Waals surface area contributed by atoms with Crippen molar-refractivity contribution in [3.63, 3.8) is 0 Å². The molecule has 1 heterocycles. The second kappa shape index (κ2) is 9.59. The molecule has 1 aromatic rings. The third-order valence-electron chi connectivity index (χ3n) is 4.44. The van der Waals surface area contributed by atoms with Crippen molar-refractivity contribution in [2.24, 2.45) is 5.92 Å². The molecule has 0 spiro atoms. The second-order valence-electron chi connectivity index (χ2n) is 7.33. The van der Waals surface area contributed by atoms with Crippen molar-refractivity contribution in [1.29, 1.82) is 0 Å². The molecule has 1 rings (SSSR count). The highest BCUT2D eigenvalue weighted by Crippen LogP contribution is 2.16. The molecule has 6 nitrogen and oxygen atoms in total. The van der Waals surface area contributed by atoms with Crippen LogP contribution in [0.1, 0.15) is 64.4 Å². The Bertz CT molecular complexity index is 592. The van der Waals surface area contributed by atoms with E-state index in [1.165, 1.54) is 0 Å². The van der Waals surface area contributed by atoms with Gasteiger partial charge in [-0.05, 0) is 52.0 Å². The number of hydrogen-bond acceptors (Lipinski definition) is 3. The van der Waals surface area contributed by atoms with E-state index >= 15 is 0 Å². The molecule has 0 aliphatic heterocycles. The van der Waals surface area contributed by atoms with E-state index in [0.29, 0.717) is 18.8 Å². The summed E-state index contributed by atoms with van der Waals surface area (Å²) < 4.78 is 2.02. The summed E-state index contributed by atoms with van der Waals surface area (Å²) in [5.74, 6) is 0.279. The number of nitrogens with one attached hydrogen (secondary N) is 2. The lowest BCUT2D eigenvalue weighted by Crippen LogP contribution is -2.47. The molecule has 0 aromatic carbocycles. The van der Waals surface area contributed by atoms with Crippen LogP contribution in [0, 0.1) is 19.8 Å². The first-order chi connectivity index (χ1) is 11.6. The normalized spacial score (nSPS) is 13.6. The molecule has 0 aliphatic carbocycles. The van der Waals surface area contributed by atoms with Crippen LogP contribution in [0.15, 0.2) is 0 Å². The second-order valence-corrected chi connectivity index (χ2v) is 7.33. The number of rotatable bonds is 9. The number of carbonyl (C=O) groups excluding carboxylic acids is 2. The lowest BCUT2D eigenvalue weighted by molar-refractivity contribution is -0.128. The van der Waals surface area contributed by atoms with Gasteiger partial charge in [0.1, 0.15) is 6.04 Å². The average molecular weight is 351 g/mol. The Kier molecular flexibility index (Phi) is 8.13. The van der Waals surface area contributed by atoms with Gasteiger partial charge in [-0.15, -0.1) is 0 Å². The Morgan fingerprint density at radius 3 is 2.32 bits per heavy atom. The number of nitrogens with zero attached hydrogens (tertiary/aromatic N) is 2. The van der Waals surface area contributed by atoms with Crippen molar-refractivity contribution < 1.29 is 9.59 Å². The van der Waals surface area contributed by atoms with Crippen LogP contribution in [-0.2, 0) is 22.6 Å². The van der Waals surface area contributed by atoms with Gasteiger partial charge in [-0.3, -0.25) is 14.3 Å². The maximum Gasteiger partial charge on any atom is 0.242 e. The zero-order valence-electron chi connectivity index (χ0n) is 16.8. The van der Waals surface area contributed by atoms with Gasteiger partial charge < -0.3 is 10.6 Å². The van der Waals surface area contributed by atoms with Gasteiger partial charge in [0.25, 0.3) is 0 Å². The van der Waals surface area contributed by atoms with E-state index < -0.39 is 6.04 Å². The topological polar surface area (TPSA) is 76.0 Å². The number of amides is 2. The first-order valence-corrected chi connectivity index (χ1v) is 9.28. The van der Waals surface area contributed by atoms with Crippen molar-refractivity contribution in [2.75, 3.05) is 0 Å². The predicted octanol–water partition coefficient (Wildman–Crippen LogP) is 2.51. The third kappa shape index (κ3) is 6.52. The summed E-state index contributed by atoms with van der Waals surface area (Å²) in [6.07, 6.45) is 1.86. The van der Waals surface area contributed by atoms with E-state index in [-0.39, 0.29) is 17.9 Å². The van der Waals surface area contributed by atoms with Crippen LogP contribution in [-0.4, -0.2) is 33.7 Å². The molecule has 142 valence electrons. The van der Waals surface area contributed by atoms with Crippen LogP contribution in [0.3, 0.4) is 0 Å². The Hall–Kier alpha value is -1.85. The minimum Gasteiger partial charge on any atom is -0.352 e. The minimum atomic E-state index is -0.521. The van der Waals surface area contributed by atoms with E-state index in [1.807, 2.05) is 25.5 Å². The number of hydrogen-bond donors (Lipinski definition) is 2. The highest BCUT2D eigenvalue weighted by molar-refractivity contribution is 5.87. The molecule has 6 heteroatoms. The molecule has 0 saturated heterocycles. The maximum absolute atomic E-state index is 12.2. The summed E-state index contributed by atoms with van der Waals surface area (Å²) in [4.78, 5) is 24.2. The zero-order valence-corrected chi connectivity index (χ0v) is 16.8. The SMILES string of the molecule is CCC(C)NC(=O)C(C)NC(=O)CCc1c(C)nn(CC(C)C)c1C. The average Bonchev–Trinajstić information content (AvgIpc) is 2.78. The molecular formula is C19H34N4O2. The van der Waals surface area contributed by atoms with E-state index in [9.17, 15) is 9.59 Å². The fourth-order valence-electron chi connectivity index (χ4n) is 2.71.